The number of fused-ring (bicyclic) bond motifs is 1. The number of ether oxygens (including phenoxy) is 1. The Hall–Kier alpha value is -1.53. The summed E-state index contributed by atoms with van der Waals surface area (Å²) in [7, 11) is -3.31. The molecule has 1 N–H and O–H groups in total. The smallest absolute Gasteiger partial charge is 0.211 e. The average molecular weight is 339 g/mol. The summed E-state index contributed by atoms with van der Waals surface area (Å²) < 4.78 is 31.1. The van der Waals surface area contributed by atoms with Gasteiger partial charge in [-0.3, -0.25) is 0 Å². The summed E-state index contributed by atoms with van der Waals surface area (Å²) in [6.45, 7) is 8.44. The van der Waals surface area contributed by atoms with Crippen LogP contribution in [-0.4, -0.2) is 36.2 Å². The molecule has 0 aromatic heterocycles. The van der Waals surface area contributed by atoms with Gasteiger partial charge in [-0.25, -0.2) is 8.42 Å². The highest BCUT2D eigenvalue weighted by molar-refractivity contribution is 7.88. The third-order valence-corrected chi connectivity index (χ3v) is 4.80. The Morgan fingerprint density at radius 2 is 1.96 bits per heavy atom. The van der Waals surface area contributed by atoms with Crippen molar-refractivity contribution in [3.8, 4) is 11.5 Å². The van der Waals surface area contributed by atoms with Crippen LogP contribution in [0.5, 0.6) is 11.5 Å². The summed E-state index contributed by atoms with van der Waals surface area (Å²) in [6, 6.07) is 3.44. The zero-order chi connectivity index (χ0) is 17.4. The van der Waals surface area contributed by atoms with Crippen molar-refractivity contribution in [3.05, 3.63) is 29.3 Å². The van der Waals surface area contributed by atoms with Crippen LogP contribution in [0, 0.1) is 5.92 Å². The van der Waals surface area contributed by atoms with Crippen LogP contribution in [0.1, 0.15) is 38.8 Å². The summed E-state index contributed by atoms with van der Waals surface area (Å²) in [5, 5.41) is 10.2. The van der Waals surface area contributed by atoms with Crippen molar-refractivity contribution in [1.29, 1.82) is 0 Å². The predicted molar refractivity (Wildman–Crippen MR) is 91.9 cm³/mol. The summed E-state index contributed by atoms with van der Waals surface area (Å²) in [4.78, 5) is 0. The average Bonchev–Trinajstić information content (AvgIpc) is 2.37. The van der Waals surface area contributed by atoms with Gasteiger partial charge in [0, 0.05) is 18.7 Å². The molecule has 2 rings (SSSR count). The first-order chi connectivity index (χ1) is 10.5. The van der Waals surface area contributed by atoms with Crippen LogP contribution in [0.2, 0.25) is 0 Å². The van der Waals surface area contributed by atoms with Crippen LogP contribution in [0.25, 0.3) is 6.08 Å². The molecule has 0 atom stereocenters. The molecular weight excluding hydrogens is 314 g/mol. The van der Waals surface area contributed by atoms with Gasteiger partial charge in [-0.1, -0.05) is 19.9 Å². The van der Waals surface area contributed by atoms with Gasteiger partial charge in [0.05, 0.1) is 6.26 Å². The third kappa shape index (κ3) is 4.48. The number of hydrogen-bond donors (Lipinski definition) is 1. The van der Waals surface area contributed by atoms with Crippen LogP contribution < -0.4 is 4.74 Å². The fourth-order valence-corrected chi connectivity index (χ4v) is 3.49. The summed E-state index contributed by atoms with van der Waals surface area (Å²) in [6.07, 6.45) is 5.02. The molecule has 0 saturated carbocycles. The Kier molecular flexibility index (Phi) is 4.78. The highest BCUT2D eigenvalue weighted by Gasteiger charge is 2.25. The Morgan fingerprint density at radius 3 is 2.52 bits per heavy atom. The van der Waals surface area contributed by atoms with Crippen molar-refractivity contribution in [2.45, 2.75) is 39.8 Å². The summed E-state index contributed by atoms with van der Waals surface area (Å²) >= 11 is 0. The van der Waals surface area contributed by atoms with E-state index >= 15 is 0 Å². The first kappa shape index (κ1) is 17.8. The van der Waals surface area contributed by atoms with E-state index in [9.17, 15) is 13.5 Å². The molecular formula is C17H25NO4S. The van der Waals surface area contributed by atoms with Gasteiger partial charge in [-0.05, 0) is 43.5 Å². The molecule has 0 spiro atoms. The minimum absolute atomic E-state index is 0.0351. The lowest BCUT2D eigenvalue weighted by molar-refractivity contribution is 0.152. The molecule has 0 bridgehead atoms. The number of phenols is 1. The molecule has 0 radical (unpaired) electrons. The number of rotatable bonds is 5. The lowest BCUT2D eigenvalue weighted by Crippen LogP contribution is -2.33. The number of hydrogen-bond acceptors (Lipinski definition) is 4. The molecule has 1 aromatic rings. The Morgan fingerprint density at radius 1 is 1.30 bits per heavy atom. The monoisotopic (exact) mass is 339 g/mol. The maximum atomic E-state index is 12.0. The Balaban J connectivity index is 2.33. The van der Waals surface area contributed by atoms with Gasteiger partial charge in [0.2, 0.25) is 10.0 Å². The van der Waals surface area contributed by atoms with E-state index in [0.29, 0.717) is 12.3 Å². The highest BCUT2D eigenvalue weighted by Crippen LogP contribution is 2.39. The van der Waals surface area contributed by atoms with Crippen LogP contribution in [-0.2, 0) is 16.6 Å². The SMILES string of the molecule is CC(C)CN(Cc1cc(O)c2c(c1)C=CC(C)(C)O2)S(C)(=O)=O. The van der Waals surface area contributed by atoms with E-state index in [4.69, 9.17) is 4.74 Å². The quantitative estimate of drug-likeness (QED) is 0.895. The van der Waals surface area contributed by atoms with Crippen molar-refractivity contribution in [1.82, 2.24) is 4.31 Å². The molecule has 23 heavy (non-hydrogen) atoms. The van der Waals surface area contributed by atoms with Gasteiger partial charge >= 0.3 is 0 Å². The van der Waals surface area contributed by atoms with Gasteiger partial charge in [0.15, 0.2) is 11.5 Å². The molecule has 5 nitrogen and oxygen atoms in total. The van der Waals surface area contributed by atoms with E-state index < -0.39 is 15.6 Å². The standard InChI is InChI=1S/C17H25NO4S/c1-12(2)10-18(23(5,20)21)11-13-8-14-6-7-17(3,4)22-16(14)15(19)9-13/h6-9,12,19H,10-11H2,1-5H3. The van der Waals surface area contributed by atoms with Gasteiger partial charge in [0.1, 0.15) is 5.60 Å². The van der Waals surface area contributed by atoms with Crippen LogP contribution in [0.4, 0.5) is 0 Å². The second-order valence-corrected chi connectivity index (χ2v) is 9.00. The molecule has 0 fully saturated rings. The van der Waals surface area contributed by atoms with Crippen LogP contribution in [0.3, 0.4) is 0 Å². The first-order valence-corrected chi connectivity index (χ1v) is 9.52. The van der Waals surface area contributed by atoms with E-state index in [-0.39, 0.29) is 18.2 Å². The first-order valence-electron chi connectivity index (χ1n) is 7.67. The zero-order valence-electron chi connectivity index (χ0n) is 14.3. The third-order valence-electron chi connectivity index (χ3n) is 3.58. The van der Waals surface area contributed by atoms with E-state index in [2.05, 4.69) is 0 Å². The minimum atomic E-state index is -3.31. The minimum Gasteiger partial charge on any atom is -0.504 e. The molecule has 1 aliphatic heterocycles. The van der Waals surface area contributed by atoms with E-state index in [1.165, 1.54) is 10.6 Å². The molecule has 128 valence electrons. The van der Waals surface area contributed by atoms with Crippen molar-refractivity contribution >= 4 is 16.1 Å². The molecule has 6 heteroatoms. The van der Waals surface area contributed by atoms with Crippen molar-refractivity contribution in [3.63, 3.8) is 0 Å². The van der Waals surface area contributed by atoms with Gasteiger partial charge < -0.3 is 9.84 Å². The van der Waals surface area contributed by atoms with E-state index in [1.54, 1.807) is 6.07 Å². The fourth-order valence-electron chi connectivity index (χ4n) is 2.54. The highest BCUT2D eigenvalue weighted by atomic mass is 32.2. The summed E-state index contributed by atoms with van der Waals surface area (Å²) in [5.41, 5.74) is 1.03. The molecule has 1 aromatic carbocycles. The number of aromatic hydroxyl groups is 1. The second-order valence-electron chi connectivity index (χ2n) is 7.02. The van der Waals surface area contributed by atoms with Crippen molar-refractivity contribution in [2.24, 2.45) is 5.92 Å². The number of nitrogens with zero attached hydrogens (tertiary/aromatic N) is 1. The lowest BCUT2D eigenvalue weighted by atomic mass is 10.00. The second kappa shape index (κ2) is 6.17. The summed E-state index contributed by atoms with van der Waals surface area (Å²) in [5.74, 6) is 0.698. The molecule has 1 aliphatic rings. The van der Waals surface area contributed by atoms with Gasteiger partial charge in [-0.15, -0.1) is 0 Å². The number of benzene rings is 1. The molecule has 0 aliphatic carbocycles. The number of sulfonamides is 1. The van der Waals surface area contributed by atoms with Crippen molar-refractivity contribution < 1.29 is 18.3 Å². The fraction of sp³-hybridized carbons (Fsp3) is 0.529. The van der Waals surface area contributed by atoms with Crippen molar-refractivity contribution in [2.75, 3.05) is 12.8 Å². The molecule has 0 unspecified atom stereocenters. The van der Waals surface area contributed by atoms with E-state index in [0.717, 1.165) is 11.1 Å². The topological polar surface area (TPSA) is 66.8 Å². The largest absolute Gasteiger partial charge is 0.504 e. The maximum Gasteiger partial charge on any atom is 0.211 e. The van der Waals surface area contributed by atoms with E-state index in [1.807, 2.05) is 45.9 Å². The molecule has 0 amide bonds. The van der Waals surface area contributed by atoms with Gasteiger partial charge in [-0.2, -0.15) is 4.31 Å². The Bertz CT molecular complexity index is 720. The zero-order valence-corrected chi connectivity index (χ0v) is 15.1. The van der Waals surface area contributed by atoms with Crippen LogP contribution in [0.15, 0.2) is 18.2 Å². The molecule has 0 saturated heterocycles. The number of phenolic OH excluding ortho intramolecular Hbond substituents is 1. The predicted octanol–water partition coefficient (Wildman–Crippen LogP) is 2.99. The normalized spacial score (nSPS) is 16.5. The van der Waals surface area contributed by atoms with Gasteiger partial charge in [0.25, 0.3) is 0 Å². The maximum absolute atomic E-state index is 12.0. The lowest BCUT2D eigenvalue weighted by Gasteiger charge is -2.29. The molecule has 1 heterocycles. The van der Waals surface area contributed by atoms with Crippen LogP contribution >= 0.6 is 0 Å². The Labute approximate surface area is 138 Å².